The zero-order valence-corrected chi connectivity index (χ0v) is 9.65. The Balaban J connectivity index is 1.84. The van der Waals surface area contributed by atoms with E-state index in [-0.39, 0.29) is 5.92 Å². The topological polar surface area (TPSA) is 62.2 Å². The molecule has 0 radical (unpaired) electrons. The third-order valence-corrected chi connectivity index (χ3v) is 3.82. The minimum Gasteiger partial charge on any atom is -0.481 e. The van der Waals surface area contributed by atoms with Gasteiger partial charge < -0.3 is 10.4 Å². The number of hydrogen-bond acceptors (Lipinski definition) is 3. The Bertz CT molecular complexity index is 453. The summed E-state index contributed by atoms with van der Waals surface area (Å²) in [6.45, 7) is 2.05. The first kappa shape index (κ1) is 10.7. The molecule has 1 aliphatic heterocycles. The Labute approximate surface area is 100 Å². The lowest BCUT2D eigenvalue weighted by atomic mass is 10.0. The standard InChI is InChI=1S/C13H16N2O2/c16-13(17)10-5-8-1-2-11(15-12(8)6-10)9-3-4-14-7-9/h1-2,9-10,14H,3-7H2,(H,16,17). The molecule has 4 heteroatoms. The summed E-state index contributed by atoms with van der Waals surface area (Å²) in [5.74, 6) is -0.467. The molecule has 2 heterocycles. The molecule has 2 atom stereocenters. The monoisotopic (exact) mass is 232 g/mol. The molecule has 90 valence electrons. The van der Waals surface area contributed by atoms with Crippen molar-refractivity contribution in [1.29, 1.82) is 0 Å². The van der Waals surface area contributed by atoms with Crippen molar-refractivity contribution in [1.82, 2.24) is 10.3 Å². The van der Waals surface area contributed by atoms with Gasteiger partial charge in [-0.05, 0) is 31.0 Å². The van der Waals surface area contributed by atoms with Crippen LogP contribution < -0.4 is 5.32 Å². The summed E-state index contributed by atoms with van der Waals surface area (Å²) in [6, 6.07) is 4.14. The van der Waals surface area contributed by atoms with E-state index in [2.05, 4.69) is 22.4 Å². The van der Waals surface area contributed by atoms with Crippen LogP contribution in [0.25, 0.3) is 0 Å². The molecule has 2 N–H and O–H groups in total. The summed E-state index contributed by atoms with van der Waals surface area (Å²) in [5.41, 5.74) is 3.24. The maximum absolute atomic E-state index is 11.0. The highest BCUT2D eigenvalue weighted by atomic mass is 16.4. The Morgan fingerprint density at radius 2 is 2.29 bits per heavy atom. The normalized spacial score (nSPS) is 27.1. The number of aliphatic carboxylic acids is 1. The van der Waals surface area contributed by atoms with E-state index in [0.717, 1.165) is 36.5 Å². The largest absolute Gasteiger partial charge is 0.481 e. The van der Waals surface area contributed by atoms with Crippen molar-refractivity contribution >= 4 is 5.97 Å². The highest BCUT2D eigenvalue weighted by Gasteiger charge is 2.29. The molecule has 0 bridgehead atoms. The van der Waals surface area contributed by atoms with E-state index in [4.69, 9.17) is 5.11 Å². The van der Waals surface area contributed by atoms with Crippen molar-refractivity contribution in [3.63, 3.8) is 0 Å². The molecule has 1 saturated heterocycles. The third kappa shape index (κ3) is 1.93. The van der Waals surface area contributed by atoms with Crippen molar-refractivity contribution < 1.29 is 9.90 Å². The number of carboxylic acids is 1. The Hall–Kier alpha value is -1.42. The maximum atomic E-state index is 11.0. The molecule has 17 heavy (non-hydrogen) atoms. The van der Waals surface area contributed by atoms with Crippen LogP contribution in [0.5, 0.6) is 0 Å². The van der Waals surface area contributed by atoms with Gasteiger partial charge in [0.05, 0.1) is 5.92 Å². The van der Waals surface area contributed by atoms with Gasteiger partial charge >= 0.3 is 5.97 Å². The van der Waals surface area contributed by atoms with Crippen LogP contribution in [0.15, 0.2) is 12.1 Å². The van der Waals surface area contributed by atoms with Gasteiger partial charge in [-0.1, -0.05) is 6.07 Å². The second kappa shape index (κ2) is 4.11. The molecule has 0 spiro atoms. The molecule has 4 nitrogen and oxygen atoms in total. The summed E-state index contributed by atoms with van der Waals surface area (Å²) in [7, 11) is 0. The number of carbonyl (C=O) groups is 1. The van der Waals surface area contributed by atoms with Gasteiger partial charge in [-0.25, -0.2) is 0 Å². The van der Waals surface area contributed by atoms with E-state index in [1.807, 2.05) is 0 Å². The molecule has 2 aliphatic rings. The van der Waals surface area contributed by atoms with Crippen LogP contribution in [0.3, 0.4) is 0 Å². The number of carboxylic acid groups (broad SMARTS) is 1. The van der Waals surface area contributed by atoms with E-state index >= 15 is 0 Å². The van der Waals surface area contributed by atoms with Crippen molar-refractivity contribution in [3.05, 3.63) is 29.1 Å². The Morgan fingerprint density at radius 1 is 1.41 bits per heavy atom. The van der Waals surface area contributed by atoms with E-state index < -0.39 is 5.97 Å². The summed E-state index contributed by atoms with van der Waals surface area (Å²) < 4.78 is 0. The molecular formula is C13H16N2O2. The Morgan fingerprint density at radius 3 is 3.00 bits per heavy atom. The maximum Gasteiger partial charge on any atom is 0.307 e. The molecule has 0 aromatic carbocycles. The van der Waals surface area contributed by atoms with Crippen LogP contribution >= 0.6 is 0 Å². The molecule has 3 rings (SSSR count). The molecule has 2 unspecified atom stereocenters. The zero-order valence-electron chi connectivity index (χ0n) is 9.65. The van der Waals surface area contributed by atoms with E-state index in [1.54, 1.807) is 0 Å². The number of pyridine rings is 1. The minimum atomic E-state index is -0.702. The van der Waals surface area contributed by atoms with Crippen LogP contribution in [-0.4, -0.2) is 29.1 Å². The van der Waals surface area contributed by atoms with Crippen molar-refractivity contribution in [2.75, 3.05) is 13.1 Å². The molecule has 0 amide bonds. The quantitative estimate of drug-likeness (QED) is 0.797. The average molecular weight is 232 g/mol. The van der Waals surface area contributed by atoms with Crippen LogP contribution in [0.2, 0.25) is 0 Å². The van der Waals surface area contributed by atoms with Crippen LogP contribution in [-0.2, 0) is 17.6 Å². The lowest BCUT2D eigenvalue weighted by Gasteiger charge is -2.09. The van der Waals surface area contributed by atoms with Gasteiger partial charge in [0.25, 0.3) is 0 Å². The number of fused-ring (bicyclic) bond motifs is 1. The molecule has 1 aliphatic carbocycles. The fourth-order valence-corrected chi connectivity index (χ4v) is 2.79. The molecule has 1 aromatic rings. The summed E-state index contributed by atoms with van der Waals surface area (Å²) in [6.07, 6.45) is 2.37. The fraction of sp³-hybridized carbons (Fsp3) is 0.538. The van der Waals surface area contributed by atoms with Crippen molar-refractivity contribution in [2.45, 2.75) is 25.2 Å². The second-order valence-electron chi connectivity index (χ2n) is 4.98. The van der Waals surface area contributed by atoms with Crippen LogP contribution in [0.1, 0.15) is 29.3 Å². The van der Waals surface area contributed by atoms with Crippen molar-refractivity contribution in [2.24, 2.45) is 5.92 Å². The average Bonchev–Trinajstić information content (AvgIpc) is 2.97. The first-order chi connectivity index (χ1) is 8.24. The first-order valence-electron chi connectivity index (χ1n) is 6.16. The first-order valence-corrected chi connectivity index (χ1v) is 6.16. The van der Waals surface area contributed by atoms with Gasteiger partial charge in [0.15, 0.2) is 0 Å². The number of rotatable bonds is 2. The number of nitrogens with one attached hydrogen (secondary N) is 1. The zero-order chi connectivity index (χ0) is 11.8. The van der Waals surface area contributed by atoms with E-state index in [9.17, 15) is 4.79 Å². The molecular weight excluding hydrogens is 216 g/mol. The van der Waals surface area contributed by atoms with Gasteiger partial charge in [-0.2, -0.15) is 0 Å². The highest BCUT2D eigenvalue weighted by molar-refractivity contribution is 5.72. The van der Waals surface area contributed by atoms with Gasteiger partial charge in [-0.3, -0.25) is 9.78 Å². The third-order valence-electron chi connectivity index (χ3n) is 3.82. The summed E-state index contributed by atoms with van der Waals surface area (Å²) in [4.78, 5) is 15.6. The summed E-state index contributed by atoms with van der Waals surface area (Å²) in [5, 5.41) is 12.4. The van der Waals surface area contributed by atoms with E-state index in [1.165, 1.54) is 0 Å². The van der Waals surface area contributed by atoms with Gasteiger partial charge in [0.2, 0.25) is 0 Å². The molecule has 1 aromatic heterocycles. The Kier molecular flexibility index (Phi) is 2.59. The van der Waals surface area contributed by atoms with E-state index in [0.29, 0.717) is 18.8 Å². The fourth-order valence-electron chi connectivity index (χ4n) is 2.79. The van der Waals surface area contributed by atoms with Gasteiger partial charge in [0.1, 0.15) is 0 Å². The predicted octanol–water partition coefficient (Wildman–Crippen LogP) is 0.958. The number of hydrogen-bond donors (Lipinski definition) is 2. The van der Waals surface area contributed by atoms with Gasteiger partial charge in [0, 0.05) is 30.3 Å². The second-order valence-corrected chi connectivity index (χ2v) is 4.98. The highest BCUT2D eigenvalue weighted by Crippen LogP contribution is 2.28. The number of nitrogens with zero attached hydrogens (tertiary/aromatic N) is 1. The smallest absolute Gasteiger partial charge is 0.307 e. The summed E-state index contributed by atoms with van der Waals surface area (Å²) >= 11 is 0. The predicted molar refractivity (Wildman–Crippen MR) is 63.0 cm³/mol. The van der Waals surface area contributed by atoms with Crippen LogP contribution in [0, 0.1) is 5.92 Å². The lowest BCUT2D eigenvalue weighted by molar-refractivity contribution is -0.141. The van der Waals surface area contributed by atoms with Gasteiger partial charge in [-0.15, -0.1) is 0 Å². The van der Waals surface area contributed by atoms with Crippen LogP contribution in [0.4, 0.5) is 0 Å². The molecule has 1 fully saturated rings. The molecule has 0 saturated carbocycles. The van der Waals surface area contributed by atoms with Crippen molar-refractivity contribution in [3.8, 4) is 0 Å². The number of aromatic nitrogens is 1. The minimum absolute atomic E-state index is 0.269. The SMILES string of the molecule is O=C(O)C1Cc2ccc(C3CCNC3)nc2C1. The lowest BCUT2D eigenvalue weighted by Crippen LogP contribution is -2.13.